The number of carboxylic acid groups (broad SMARTS) is 1. The Labute approximate surface area is 173 Å². The van der Waals surface area contributed by atoms with Crippen LogP contribution in [0.1, 0.15) is 26.4 Å². The molecule has 0 atom stereocenters. The fourth-order valence-corrected chi connectivity index (χ4v) is 3.32. The molecule has 3 aromatic rings. The van der Waals surface area contributed by atoms with Crippen LogP contribution >= 0.6 is 11.3 Å². The van der Waals surface area contributed by atoms with E-state index in [0.29, 0.717) is 11.1 Å². The zero-order valence-electron chi connectivity index (χ0n) is 14.8. The topological polar surface area (TPSA) is 177 Å². The first kappa shape index (κ1) is 22.6. The van der Waals surface area contributed by atoms with Crippen LogP contribution in [0.3, 0.4) is 0 Å². The van der Waals surface area contributed by atoms with Crippen molar-refractivity contribution in [2.45, 2.75) is 0 Å². The normalized spacial score (nSPS) is 10.4. The number of carbonyl (C=O) groups excluding carboxylic acids is 1. The van der Waals surface area contributed by atoms with Gasteiger partial charge in [0.25, 0.3) is 5.69 Å². The molecule has 0 amide bonds. The number of thiazole rings is 1. The van der Waals surface area contributed by atoms with Crippen LogP contribution < -0.4 is 4.72 Å². The summed E-state index contributed by atoms with van der Waals surface area (Å²) < 4.78 is 30.4. The van der Waals surface area contributed by atoms with Gasteiger partial charge in [-0.05, 0) is 12.1 Å². The van der Waals surface area contributed by atoms with Crippen LogP contribution in [0.2, 0.25) is 0 Å². The summed E-state index contributed by atoms with van der Waals surface area (Å²) in [7, 11) is -4.38. The van der Waals surface area contributed by atoms with Crippen LogP contribution in [-0.4, -0.2) is 39.7 Å². The largest absolute Gasteiger partial charge is 0.476 e. The number of benzene rings is 2. The number of nitro groups is 1. The molecule has 1 aromatic heterocycles. The minimum atomic E-state index is -4.38. The summed E-state index contributed by atoms with van der Waals surface area (Å²) in [6.07, 6.45) is 0. The standard InChI is InChI=1S/C13H9NO3.C4H4N2O5S2/c15-13(10-4-2-1-3-5-10)11-6-8-12(9-7-11)14(16)17;7-3(8)2-1-12-4(5-2)6-13(9,10)11/h1-9H;1H,(H,5,6)(H,7,8)(H,9,10,11). The number of hydrogen-bond donors (Lipinski definition) is 3. The molecule has 0 saturated heterocycles. The second-order valence-corrected chi connectivity index (χ2v) is 7.43. The van der Waals surface area contributed by atoms with Gasteiger partial charge in [-0.25, -0.2) is 14.5 Å². The quantitative estimate of drug-likeness (QED) is 0.220. The summed E-state index contributed by atoms with van der Waals surface area (Å²) >= 11 is 0.763. The van der Waals surface area contributed by atoms with Gasteiger partial charge in [0.2, 0.25) is 0 Å². The average Bonchev–Trinajstić information content (AvgIpc) is 3.16. The highest BCUT2D eigenvalue weighted by Gasteiger charge is 2.12. The predicted molar refractivity (Wildman–Crippen MR) is 107 cm³/mol. The van der Waals surface area contributed by atoms with E-state index in [9.17, 15) is 28.1 Å². The molecule has 0 saturated carbocycles. The molecule has 0 radical (unpaired) electrons. The highest BCUT2D eigenvalue weighted by molar-refractivity contribution is 7.87. The molecular weight excluding hydrogens is 438 g/mol. The lowest BCUT2D eigenvalue weighted by molar-refractivity contribution is -0.384. The van der Waals surface area contributed by atoms with E-state index in [2.05, 4.69) is 4.98 Å². The molecule has 13 heteroatoms. The Balaban J connectivity index is 0.000000222. The summed E-state index contributed by atoms with van der Waals surface area (Å²) in [5, 5.41) is 19.8. The Morgan fingerprint density at radius 1 is 1.03 bits per heavy atom. The number of hydrogen-bond acceptors (Lipinski definition) is 8. The summed E-state index contributed by atoms with van der Waals surface area (Å²) in [6, 6.07) is 14.4. The number of carbonyl (C=O) groups is 2. The molecule has 156 valence electrons. The zero-order valence-corrected chi connectivity index (χ0v) is 16.5. The second kappa shape index (κ2) is 9.69. The van der Waals surface area contributed by atoms with E-state index in [-0.39, 0.29) is 22.3 Å². The van der Waals surface area contributed by atoms with Gasteiger partial charge in [-0.1, -0.05) is 30.3 Å². The number of ketones is 1. The Kier molecular flexibility index (Phi) is 7.30. The van der Waals surface area contributed by atoms with Crippen LogP contribution in [0, 0.1) is 10.1 Å². The average molecular weight is 451 g/mol. The Bertz CT molecular complexity index is 1160. The predicted octanol–water partition coefficient (Wildman–Crippen LogP) is 2.88. The van der Waals surface area contributed by atoms with Crippen molar-refractivity contribution in [3.63, 3.8) is 0 Å². The van der Waals surface area contributed by atoms with E-state index >= 15 is 0 Å². The molecule has 0 aliphatic heterocycles. The van der Waals surface area contributed by atoms with Gasteiger partial charge < -0.3 is 5.11 Å². The fourth-order valence-electron chi connectivity index (χ4n) is 2.02. The molecule has 0 unspecified atom stereocenters. The first-order valence-electron chi connectivity index (χ1n) is 7.85. The molecule has 11 nitrogen and oxygen atoms in total. The third-order valence-corrected chi connectivity index (χ3v) is 4.65. The number of nitro benzene ring substituents is 1. The number of aromatic nitrogens is 1. The zero-order chi connectivity index (χ0) is 22.3. The lowest BCUT2D eigenvalue weighted by atomic mass is 10.0. The number of non-ortho nitro benzene ring substituents is 1. The van der Waals surface area contributed by atoms with Crippen LogP contribution in [0.5, 0.6) is 0 Å². The van der Waals surface area contributed by atoms with Gasteiger partial charge in [0.05, 0.1) is 4.92 Å². The highest BCUT2D eigenvalue weighted by atomic mass is 32.2. The molecule has 1 heterocycles. The van der Waals surface area contributed by atoms with E-state index < -0.39 is 21.2 Å². The molecule has 3 rings (SSSR count). The van der Waals surface area contributed by atoms with E-state index in [1.54, 1.807) is 29.0 Å². The number of anilines is 1. The molecule has 0 fully saturated rings. The molecule has 2 aromatic carbocycles. The Morgan fingerprint density at radius 3 is 2.07 bits per heavy atom. The summed E-state index contributed by atoms with van der Waals surface area (Å²) in [5.41, 5.74) is 0.717. The minimum Gasteiger partial charge on any atom is -0.476 e. The van der Waals surface area contributed by atoms with Gasteiger partial charge in [0.15, 0.2) is 16.6 Å². The Hall–Kier alpha value is -3.68. The summed E-state index contributed by atoms with van der Waals surface area (Å²) in [5.74, 6) is -1.40. The van der Waals surface area contributed by atoms with Crippen LogP contribution in [0.15, 0.2) is 60.0 Å². The van der Waals surface area contributed by atoms with Crippen molar-refractivity contribution in [3.8, 4) is 0 Å². The Morgan fingerprint density at radius 2 is 1.60 bits per heavy atom. The smallest absolute Gasteiger partial charge is 0.359 e. The number of rotatable bonds is 6. The third-order valence-electron chi connectivity index (χ3n) is 3.32. The maximum atomic E-state index is 12.0. The van der Waals surface area contributed by atoms with Crippen molar-refractivity contribution in [1.82, 2.24) is 4.98 Å². The van der Waals surface area contributed by atoms with Crippen molar-refractivity contribution in [1.29, 1.82) is 0 Å². The van der Waals surface area contributed by atoms with Crippen molar-refractivity contribution >= 4 is 44.2 Å². The van der Waals surface area contributed by atoms with Crippen LogP contribution in [0.25, 0.3) is 0 Å². The monoisotopic (exact) mass is 451 g/mol. The molecule has 30 heavy (non-hydrogen) atoms. The first-order chi connectivity index (χ1) is 14.1. The molecule has 0 aliphatic carbocycles. The van der Waals surface area contributed by atoms with Gasteiger partial charge in [-0.15, -0.1) is 11.3 Å². The van der Waals surface area contributed by atoms with Crippen molar-refractivity contribution < 1.29 is 32.6 Å². The molecule has 3 N–H and O–H groups in total. The fraction of sp³-hybridized carbons (Fsp3) is 0. The lowest BCUT2D eigenvalue weighted by Gasteiger charge is -2.00. The van der Waals surface area contributed by atoms with Crippen LogP contribution in [-0.2, 0) is 10.3 Å². The molecule has 0 spiro atoms. The number of nitrogens with one attached hydrogen (secondary N) is 1. The maximum Gasteiger partial charge on any atom is 0.359 e. The van der Waals surface area contributed by atoms with Crippen molar-refractivity contribution in [2.75, 3.05) is 4.72 Å². The SMILES string of the molecule is O=C(O)c1csc(NS(=O)(=O)O)n1.O=C(c1ccccc1)c1ccc([N+](=O)[O-])cc1. The highest BCUT2D eigenvalue weighted by Crippen LogP contribution is 2.16. The van der Waals surface area contributed by atoms with E-state index in [4.69, 9.17) is 9.66 Å². The second-order valence-electron chi connectivity index (χ2n) is 5.42. The van der Waals surface area contributed by atoms with E-state index in [0.717, 1.165) is 16.7 Å². The number of carboxylic acids is 1. The molecule has 0 bridgehead atoms. The number of nitrogens with zero attached hydrogens (tertiary/aromatic N) is 2. The molecule has 0 aliphatic rings. The summed E-state index contributed by atoms with van der Waals surface area (Å²) in [6.45, 7) is 0. The van der Waals surface area contributed by atoms with Gasteiger partial charge in [0, 0.05) is 28.6 Å². The van der Waals surface area contributed by atoms with Crippen molar-refractivity contribution in [3.05, 3.63) is 86.9 Å². The first-order valence-corrected chi connectivity index (χ1v) is 10.2. The van der Waals surface area contributed by atoms with Gasteiger partial charge in [0.1, 0.15) is 0 Å². The van der Waals surface area contributed by atoms with E-state index in [1.165, 1.54) is 24.3 Å². The van der Waals surface area contributed by atoms with Gasteiger partial charge in [-0.2, -0.15) is 8.42 Å². The molecular formula is C17H13N3O8S2. The third kappa shape index (κ3) is 6.73. The minimum absolute atomic E-state index is 0.0189. The van der Waals surface area contributed by atoms with Gasteiger partial charge in [-0.3, -0.25) is 19.5 Å². The van der Waals surface area contributed by atoms with Gasteiger partial charge >= 0.3 is 16.3 Å². The van der Waals surface area contributed by atoms with Crippen LogP contribution in [0.4, 0.5) is 10.8 Å². The number of aromatic carboxylic acids is 1. The van der Waals surface area contributed by atoms with E-state index in [1.807, 2.05) is 6.07 Å². The summed E-state index contributed by atoms with van der Waals surface area (Å²) in [4.78, 5) is 35.6. The lowest BCUT2D eigenvalue weighted by Crippen LogP contribution is -2.10. The maximum absolute atomic E-state index is 12.0. The van der Waals surface area contributed by atoms with Crippen molar-refractivity contribution in [2.24, 2.45) is 0 Å².